The van der Waals surface area contributed by atoms with Crippen molar-refractivity contribution in [2.75, 3.05) is 11.9 Å². The van der Waals surface area contributed by atoms with Crippen molar-refractivity contribution in [3.63, 3.8) is 0 Å². The molecule has 28 heavy (non-hydrogen) atoms. The van der Waals surface area contributed by atoms with Crippen LogP contribution in [0.5, 0.6) is 0 Å². The first-order valence-electron chi connectivity index (χ1n) is 9.34. The van der Waals surface area contributed by atoms with E-state index in [0.29, 0.717) is 11.7 Å². The second kappa shape index (κ2) is 9.46. The maximum absolute atomic E-state index is 13.6. The summed E-state index contributed by atoms with van der Waals surface area (Å²) in [5.74, 6) is -0.232. The van der Waals surface area contributed by atoms with E-state index in [2.05, 4.69) is 47.2 Å². The maximum atomic E-state index is 13.6. The van der Waals surface area contributed by atoms with Crippen molar-refractivity contribution >= 4 is 23.0 Å². The van der Waals surface area contributed by atoms with Gasteiger partial charge in [-0.3, -0.25) is 0 Å². The van der Waals surface area contributed by atoms with E-state index in [1.165, 1.54) is 17.2 Å². The average Bonchev–Trinajstić information content (AvgIpc) is 3.13. The first-order chi connectivity index (χ1) is 13.5. The normalized spacial score (nSPS) is 10.7. The van der Waals surface area contributed by atoms with Gasteiger partial charge in [0, 0.05) is 37.7 Å². The topological polar surface area (TPSA) is 33.1 Å². The quantitative estimate of drug-likeness (QED) is 0.574. The lowest BCUT2D eigenvalue weighted by Crippen LogP contribution is -2.35. The third-order valence-corrected chi connectivity index (χ3v) is 4.79. The van der Waals surface area contributed by atoms with Crippen molar-refractivity contribution in [2.24, 2.45) is 0 Å². The second-order valence-corrected chi connectivity index (χ2v) is 7.40. The predicted molar refractivity (Wildman–Crippen MR) is 116 cm³/mol. The first kappa shape index (κ1) is 20.0. The highest BCUT2D eigenvalue weighted by Crippen LogP contribution is 2.16. The number of thiocarbonyl (C=S) groups is 1. The Morgan fingerprint density at radius 2 is 1.96 bits per heavy atom. The van der Waals surface area contributed by atoms with Gasteiger partial charge in [0.05, 0.1) is 6.33 Å². The summed E-state index contributed by atoms with van der Waals surface area (Å²) in [7, 11) is 0. The molecule has 0 aliphatic heterocycles. The molecule has 6 heteroatoms. The van der Waals surface area contributed by atoms with E-state index < -0.39 is 0 Å². The Morgan fingerprint density at radius 3 is 2.64 bits per heavy atom. The van der Waals surface area contributed by atoms with Crippen molar-refractivity contribution in [3.05, 3.63) is 83.7 Å². The molecule has 0 fully saturated rings. The zero-order valence-corrected chi connectivity index (χ0v) is 17.0. The number of imidazole rings is 1. The summed E-state index contributed by atoms with van der Waals surface area (Å²) in [6, 6.07) is 12.9. The average molecular weight is 397 g/mol. The van der Waals surface area contributed by atoms with Gasteiger partial charge in [0.15, 0.2) is 5.11 Å². The van der Waals surface area contributed by atoms with E-state index in [-0.39, 0.29) is 5.82 Å². The van der Waals surface area contributed by atoms with Gasteiger partial charge in [-0.15, -0.1) is 0 Å². The van der Waals surface area contributed by atoms with Crippen LogP contribution < -0.4 is 5.32 Å². The molecular formula is C22H25FN4S. The highest BCUT2D eigenvalue weighted by atomic mass is 32.1. The molecule has 1 N–H and O–H groups in total. The highest BCUT2D eigenvalue weighted by Gasteiger charge is 2.12. The predicted octanol–water partition coefficient (Wildman–Crippen LogP) is 4.93. The van der Waals surface area contributed by atoms with Gasteiger partial charge in [0.25, 0.3) is 0 Å². The van der Waals surface area contributed by atoms with Gasteiger partial charge >= 0.3 is 0 Å². The third kappa shape index (κ3) is 5.89. The summed E-state index contributed by atoms with van der Waals surface area (Å²) in [5, 5.41) is 3.99. The number of nitrogens with one attached hydrogen (secondary N) is 1. The molecule has 0 saturated carbocycles. The van der Waals surface area contributed by atoms with Crippen LogP contribution in [0, 0.1) is 19.7 Å². The molecular weight excluding hydrogens is 371 g/mol. The monoisotopic (exact) mass is 396 g/mol. The molecule has 0 amide bonds. The van der Waals surface area contributed by atoms with E-state index >= 15 is 0 Å². The molecule has 3 rings (SSSR count). The number of hydrogen-bond acceptors (Lipinski definition) is 2. The number of hydrogen-bond donors (Lipinski definition) is 1. The summed E-state index contributed by atoms with van der Waals surface area (Å²) in [4.78, 5) is 6.16. The summed E-state index contributed by atoms with van der Waals surface area (Å²) in [6.07, 6.45) is 6.43. The number of nitrogens with zero attached hydrogens (tertiary/aromatic N) is 3. The number of anilines is 1. The molecule has 146 valence electrons. The summed E-state index contributed by atoms with van der Waals surface area (Å²) in [5.41, 5.74) is 4.23. The minimum Gasteiger partial charge on any atom is -0.345 e. The SMILES string of the molecule is Cc1cc(C)cc(NC(=S)N(CCCn2ccnc2)Cc2cccc(F)c2)c1. The van der Waals surface area contributed by atoms with Gasteiger partial charge in [-0.2, -0.15) is 0 Å². The van der Waals surface area contributed by atoms with Crippen LogP contribution in [0.2, 0.25) is 0 Å². The Kier molecular flexibility index (Phi) is 6.76. The van der Waals surface area contributed by atoms with Crippen LogP contribution >= 0.6 is 12.2 Å². The second-order valence-electron chi connectivity index (χ2n) is 7.01. The minimum atomic E-state index is -0.232. The zero-order chi connectivity index (χ0) is 19.9. The zero-order valence-electron chi connectivity index (χ0n) is 16.2. The molecule has 0 aliphatic carbocycles. The van der Waals surface area contributed by atoms with E-state index in [1.54, 1.807) is 18.3 Å². The summed E-state index contributed by atoms with van der Waals surface area (Å²) >= 11 is 5.69. The molecule has 1 heterocycles. The molecule has 0 spiro atoms. The van der Waals surface area contributed by atoms with E-state index in [9.17, 15) is 4.39 Å². The summed E-state index contributed by atoms with van der Waals surface area (Å²) in [6.45, 7) is 6.29. The van der Waals surface area contributed by atoms with Crippen LogP contribution in [-0.4, -0.2) is 26.1 Å². The Balaban J connectivity index is 1.70. The van der Waals surface area contributed by atoms with Gasteiger partial charge in [0.2, 0.25) is 0 Å². The highest BCUT2D eigenvalue weighted by molar-refractivity contribution is 7.80. The van der Waals surface area contributed by atoms with Crippen molar-refractivity contribution in [2.45, 2.75) is 33.4 Å². The number of aromatic nitrogens is 2. The molecule has 2 aromatic carbocycles. The Morgan fingerprint density at radius 1 is 1.18 bits per heavy atom. The third-order valence-electron chi connectivity index (χ3n) is 4.43. The van der Waals surface area contributed by atoms with Gasteiger partial charge in [-0.1, -0.05) is 18.2 Å². The lowest BCUT2D eigenvalue weighted by atomic mass is 10.1. The van der Waals surface area contributed by atoms with Gasteiger partial charge in [0.1, 0.15) is 5.82 Å². The molecule has 0 saturated heterocycles. The van der Waals surface area contributed by atoms with Crippen LogP contribution in [-0.2, 0) is 13.1 Å². The largest absolute Gasteiger partial charge is 0.345 e. The van der Waals surface area contributed by atoms with Crippen LogP contribution in [0.1, 0.15) is 23.1 Å². The lowest BCUT2D eigenvalue weighted by molar-refractivity contribution is 0.395. The number of rotatable bonds is 7. The van der Waals surface area contributed by atoms with Crippen molar-refractivity contribution in [3.8, 4) is 0 Å². The van der Waals surface area contributed by atoms with E-state index in [1.807, 2.05) is 23.2 Å². The number of benzene rings is 2. The molecule has 0 atom stereocenters. The van der Waals surface area contributed by atoms with Crippen molar-refractivity contribution in [1.29, 1.82) is 0 Å². The Labute approximate surface area is 171 Å². The van der Waals surface area contributed by atoms with Gasteiger partial charge < -0.3 is 14.8 Å². The van der Waals surface area contributed by atoms with Crippen LogP contribution in [0.15, 0.2) is 61.2 Å². The standard InChI is InChI=1S/C22H25FN4S/c1-17-11-18(2)13-21(12-17)25-22(28)27(9-4-8-26-10-7-24-16-26)15-19-5-3-6-20(23)14-19/h3,5-7,10-14,16H,4,8-9,15H2,1-2H3,(H,25,28). The van der Waals surface area contributed by atoms with Gasteiger partial charge in [-0.25, -0.2) is 9.37 Å². The molecule has 4 nitrogen and oxygen atoms in total. The van der Waals surface area contributed by atoms with Crippen LogP contribution in [0.25, 0.3) is 0 Å². The molecule has 3 aromatic rings. The van der Waals surface area contributed by atoms with E-state index in [0.717, 1.165) is 30.8 Å². The van der Waals surface area contributed by atoms with Crippen LogP contribution in [0.3, 0.4) is 0 Å². The molecule has 0 bridgehead atoms. The van der Waals surface area contributed by atoms with E-state index in [4.69, 9.17) is 12.2 Å². The molecule has 1 aromatic heterocycles. The summed E-state index contributed by atoms with van der Waals surface area (Å²) < 4.78 is 15.7. The molecule has 0 radical (unpaired) electrons. The first-order valence-corrected chi connectivity index (χ1v) is 9.75. The fourth-order valence-electron chi connectivity index (χ4n) is 3.22. The fourth-order valence-corrected chi connectivity index (χ4v) is 3.49. The molecule has 0 unspecified atom stereocenters. The minimum absolute atomic E-state index is 0.232. The number of halogens is 1. The Bertz CT molecular complexity index is 904. The molecule has 0 aliphatic rings. The van der Waals surface area contributed by atoms with Crippen molar-refractivity contribution in [1.82, 2.24) is 14.5 Å². The van der Waals surface area contributed by atoms with Gasteiger partial charge in [-0.05, 0) is 73.4 Å². The van der Waals surface area contributed by atoms with Crippen molar-refractivity contribution < 1.29 is 4.39 Å². The Hall–Kier alpha value is -2.73. The smallest absolute Gasteiger partial charge is 0.173 e. The number of aryl methyl sites for hydroxylation is 3. The fraction of sp³-hybridized carbons (Fsp3) is 0.273. The lowest BCUT2D eigenvalue weighted by Gasteiger charge is -2.26. The maximum Gasteiger partial charge on any atom is 0.173 e. The van der Waals surface area contributed by atoms with Crippen LogP contribution in [0.4, 0.5) is 10.1 Å².